The highest BCUT2D eigenvalue weighted by Crippen LogP contribution is 2.31. The Kier molecular flexibility index (Phi) is 5.90. The highest BCUT2D eigenvalue weighted by molar-refractivity contribution is 5.97. The van der Waals surface area contributed by atoms with E-state index in [1.54, 1.807) is 42.6 Å². The van der Waals surface area contributed by atoms with Crippen LogP contribution in [0.15, 0.2) is 42.7 Å². The first-order valence-electron chi connectivity index (χ1n) is 8.86. The average Bonchev–Trinajstić information content (AvgIpc) is 3.18. The molecule has 2 amide bonds. The molecule has 0 saturated carbocycles. The Morgan fingerprint density at radius 3 is 2.70 bits per heavy atom. The Hall–Kier alpha value is -3.09. The molecule has 27 heavy (non-hydrogen) atoms. The topological polar surface area (TPSA) is 80.8 Å². The second-order valence-corrected chi connectivity index (χ2v) is 6.37. The second-order valence-electron chi connectivity index (χ2n) is 6.37. The summed E-state index contributed by atoms with van der Waals surface area (Å²) in [6.07, 6.45) is 4.91. The van der Waals surface area contributed by atoms with Crippen molar-refractivity contribution in [3.8, 4) is 11.5 Å². The third kappa shape index (κ3) is 4.55. The van der Waals surface area contributed by atoms with Gasteiger partial charge in [0.15, 0.2) is 11.5 Å². The standard InChI is InChI=1S/C20H23N3O4/c1-14(24)23-11-3-4-17(23)20(25)22-16-5-6-18(26-2)19(12-16)27-13-15-7-9-21-10-8-15/h5-10,12,17H,3-4,11,13H2,1-2H3,(H,22,25)/t17-/m0/s1. The maximum Gasteiger partial charge on any atom is 0.247 e. The molecule has 0 radical (unpaired) electrons. The molecule has 0 bridgehead atoms. The number of ether oxygens (including phenoxy) is 2. The van der Waals surface area contributed by atoms with Gasteiger partial charge in [-0.2, -0.15) is 0 Å². The summed E-state index contributed by atoms with van der Waals surface area (Å²) in [5.41, 5.74) is 1.57. The van der Waals surface area contributed by atoms with Gasteiger partial charge in [-0.05, 0) is 42.7 Å². The van der Waals surface area contributed by atoms with Crippen molar-refractivity contribution in [1.29, 1.82) is 0 Å². The van der Waals surface area contributed by atoms with E-state index < -0.39 is 6.04 Å². The zero-order valence-corrected chi connectivity index (χ0v) is 15.5. The summed E-state index contributed by atoms with van der Waals surface area (Å²) < 4.78 is 11.2. The van der Waals surface area contributed by atoms with Crippen LogP contribution in [0.2, 0.25) is 0 Å². The Balaban J connectivity index is 1.70. The fourth-order valence-corrected chi connectivity index (χ4v) is 3.15. The van der Waals surface area contributed by atoms with Crippen LogP contribution in [0.5, 0.6) is 11.5 Å². The van der Waals surface area contributed by atoms with Crippen LogP contribution in [-0.4, -0.2) is 41.4 Å². The van der Waals surface area contributed by atoms with Gasteiger partial charge >= 0.3 is 0 Å². The smallest absolute Gasteiger partial charge is 0.247 e. The van der Waals surface area contributed by atoms with Crippen molar-refractivity contribution in [2.75, 3.05) is 19.0 Å². The number of anilines is 1. The molecule has 1 saturated heterocycles. The molecule has 1 N–H and O–H groups in total. The Morgan fingerprint density at radius 1 is 1.22 bits per heavy atom. The first-order valence-corrected chi connectivity index (χ1v) is 8.86. The SMILES string of the molecule is COc1ccc(NC(=O)[C@@H]2CCCN2C(C)=O)cc1OCc1ccncc1. The van der Waals surface area contributed by atoms with E-state index >= 15 is 0 Å². The molecule has 1 aliphatic heterocycles. The number of benzene rings is 1. The van der Waals surface area contributed by atoms with Crippen molar-refractivity contribution in [3.05, 3.63) is 48.3 Å². The Morgan fingerprint density at radius 2 is 2.00 bits per heavy atom. The second kappa shape index (κ2) is 8.53. The van der Waals surface area contributed by atoms with Crippen LogP contribution in [-0.2, 0) is 16.2 Å². The van der Waals surface area contributed by atoms with Gasteiger partial charge in [-0.3, -0.25) is 14.6 Å². The van der Waals surface area contributed by atoms with Crippen molar-refractivity contribution in [2.24, 2.45) is 0 Å². The van der Waals surface area contributed by atoms with Crippen molar-refractivity contribution in [2.45, 2.75) is 32.4 Å². The molecule has 0 unspecified atom stereocenters. The van der Waals surface area contributed by atoms with Crippen molar-refractivity contribution in [1.82, 2.24) is 9.88 Å². The molecule has 0 aliphatic carbocycles. The number of hydrogen-bond acceptors (Lipinski definition) is 5. The number of carbonyl (C=O) groups is 2. The fourth-order valence-electron chi connectivity index (χ4n) is 3.15. The van der Waals surface area contributed by atoms with Crippen molar-refractivity contribution in [3.63, 3.8) is 0 Å². The summed E-state index contributed by atoms with van der Waals surface area (Å²) in [5, 5.41) is 2.88. The van der Waals surface area contributed by atoms with Gasteiger partial charge < -0.3 is 19.7 Å². The average molecular weight is 369 g/mol. The molecule has 1 aromatic heterocycles. The Bertz CT molecular complexity index is 810. The normalized spacial score (nSPS) is 16.1. The summed E-state index contributed by atoms with van der Waals surface area (Å²) >= 11 is 0. The maximum atomic E-state index is 12.6. The zero-order chi connectivity index (χ0) is 19.2. The highest BCUT2D eigenvalue weighted by Gasteiger charge is 2.32. The number of aromatic nitrogens is 1. The van der Waals surface area contributed by atoms with Crippen molar-refractivity contribution < 1.29 is 19.1 Å². The number of hydrogen-bond donors (Lipinski definition) is 1. The minimum absolute atomic E-state index is 0.0799. The predicted molar refractivity (Wildman–Crippen MR) is 101 cm³/mol. The van der Waals surface area contributed by atoms with E-state index in [2.05, 4.69) is 10.3 Å². The van der Waals surface area contributed by atoms with Gasteiger partial charge in [0, 0.05) is 37.6 Å². The summed E-state index contributed by atoms with van der Waals surface area (Å²) in [4.78, 5) is 29.9. The van der Waals surface area contributed by atoms with Gasteiger partial charge in [0.1, 0.15) is 12.6 Å². The molecule has 7 heteroatoms. The van der Waals surface area contributed by atoms with Crippen LogP contribution >= 0.6 is 0 Å². The molecule has 0 spiro atoms. The minimum Gasteiger partial charge on any atom is -0.493 e. The van der Waals surface area contributed by atoms with E-state index in [4.69, 9.17) is 9.47 Å². The molecule has 7 nitrogen and oxygen atoms in total. The number of nitrogens with one attached hydrogen (secondary N) is 1. The number of rotatable bonds is 6. The molecule has 2 aromatic rings. The van der Waals surface area contributed by atoms with Gasteiger partial charge in [0.2, 0.25) is 11.8 Å². The zero-order valence-electron chi connectivity index (χ0n) is 15.5. The largest absolute Gasteiger partial charge is 0.493 e. The lowest BCUT2D eigenvalue weighted by Crippen LogP contribution is -2.42. The molecule has 142 valence electrons. The molecular formula is C20H23N3O4. The number of methoxy groups -OCH3 is 1. The molecule has 1 aliphatic rings. The van der Waals surface area contributed by atoms with Crippen LogP contribution in [0.1, 0.15) is 25.3 Å². The monoisotopic (exact) mass is 369 g/mol. The molecule has 1 fully saturated rings. The summed E-state index contributed by atoms with van der Waals surface area (Å²) in [5.74, 6) is 0.840. The first-order chi connectivity index (χ1) is 13.1. The molecule has 2 heterocycles. The summed E-state index contributed by atoms with van der Waals surface area (Å²) in [6, 6.07) is 8.54. The van der Waals surface area contributed by atoms with E-state index in [9.17, 15) is 9.59 Å². The molecular weight excluding hydrogens is 346 g/mol. The number of likely N-dealkylation sites (tertiary alicyclic amines) is 1. The molecule has 1 aromatic carbocycles. The Labute approximate surface area is 158 Å². The molecule has 1 atom stereocenters. The number of amides is 2. The van der Waals surface area contributed by atoms with Crippen LogP contribution in [0.25, 0.3) is 0 Å². The van der Waals surface area contributed by atoms with E-state index in [1.807, 2.05) is 12.1 Å². The van der Waals surface area contributed by atoms with Gasteiger partial charge in [-0.1, -0.05) is 0 Å². The van der Waals surface area contributed by atoms with Crippen LogP contribution in [0.3, 0.4) is 0 Å². The quantitative estimate of drug-likeness (QED) is 0.847. The summed E-state index contributed by atoms with van der Waals surface area (Å²) in [7, 11) is 1.57. The molecule has 3 rings (SSSR count). The van der Waals surface area contributed by atoms with E-state index in [-0.39, 0.29) is 11.8 Å². The van der Waals surface area contributed by atoms with E-state index in [1.165, 1.54) is 6.92 Å². The lowest BCUT2D eigenvalue weighted by molar-refractivity contribution is -0.134. The predicted octanol–water partition coefficient (Wildman–Crippen LogP) is 2.62. The van der Waals surface area contributed by atoms with Crippen LogP contribution in [0.4, 0.5) is 5.69 Å². The van der Waals surface area contributed by atoms with E-state index in [0.29, 0.717) is 36.8 Å². The van der Waals surface area contributed by atoms with Gasteiger partial charge in [-0.15, -0.1) is 0 Å². The first kappa shape index (κ1) is 18.7. The van der Waals surface area contributed by atoms with Gasteiger partial charge in [-0.25, -0.2) is 0 Å². The number of nitrogens with zero attached hydrogens (tertiary/aromatic N) is 2. The maximum absolute atomic E-state index is 12.6. The van der Waals surface area contributed by atoms with E-state index in [0.717, 1.165) is 12.0 Å². The van der Waals surface area contributed by atoms with Crippen molar-refractivity contribution >= 4 is 17.5 Å². The van der Waals surface area contributed by atoms with Crippen LogP contribution in [0, 0.1) is 0 Å². The lowest BCUT2D eigenvalue weighted by Gasteiger charge is -2.22. The van der Waals surface area contributed by atoms with Gasteiger partial charge in [0.05, 0.1) is 7.11 Å². The lowest BCUT2D eigenvalue weighted by atomic mass is 10.2. The number of carbonyl (C=O) groups excluding carboxylic acids is 2. The van der Waals surface area contributed by atoms with Gasteiger partial charge in [0.25, 0.3) is 0 Å². The highest BCUT2D eigenvalue weighted by atomic mass is 16.5. The fraction of sp³-hybridized carbons (Fsp3) is 0.350. The number of pyridine rings is 1. The van der Waals surface area contributed by atoms with Crippen LogP contribution < -0.4 is 14.8 Å². The minimum atomic E-state index is -0.425. The third-order valence-electron chi connectivity index (χ3n) is 4.53. The summed E-state index contributed by atoms with van der Waals surface area (Å²) in [6.45, 7) is 2.47. The third-order valence-corrected chi connectivity index (χ3v) is 4.53.